The molecule has 0 heterocycles. The van der Waals surface area contributed by atoms with Gasteiger partial charge in [0.2, 0.25) is 0 Å². The van der Waals surface area contributed by atoms with Crippen molar-refractivity contribution in [3.05, 3.63) is 71.3 Å². The fraction of sp³-hybridized carbons (Fsp3) is 0.400. The summed E-state index contributed by atoms with van der Waals surface area (Å²) in [7, 11) is 0. The monoisotopic (exact) mass is 279 g/mol. The maximum absolute atomic E-state index is 3.83. The molecule has 1 aliphatic carbocycles. The molecular formula is C20H25N. The Hall–Kier alpha value is -1.60. The quantitative estimate of drug-likeness (QED) is 0.813. The Balaban J connectivity index is 1.57. The Bertz CT molecular complexity index is 569. The van der Waals surface area contributed by atoms with Crippen LogP contribution in [0.15, 0.2) is 54.6 Å². The molecule has 1 saturated carbocycles. The Morgan fingerprint density at radius 2 is 1.81 bits per heavy atom. The SMILES string of the molecule is CCC(NC1CC(c2cccc(C)c2)C1)c1ccccc1. The lowest BCUT2D eigenvalue weighted by atomic mass is 9.75. The first-order valence-electron chi connectivity index (χ1n) is 8.14. The molecule has 21 heavy (non-hydrogen) atoms. The third-order valence-corrected chi connectivity index (χ3v) is 4.70. The number of aryl methyl sites for hydroxylation is 1. The lowest BCUT2D eigenvalue weighted by Gasteiger charge is -2.39. The van der Waals surface area contributed by atoms with Crippen LogP contribution in [0.3, 0.4) is 0 Å². The lowest BCUT2D eigenvalue weighted by Crippen LogP contribution is -2.41. The van der Waals surface area contributed by atoms with Crippen molar-refractivity contribution in [3.8, 4) is 0 Å². The average molecular weight is 279 g/mol. The van der Waals surface area contributed by atoms with Crippen molar-refractivity contribution in [1.29, 1.82) is 0 Å². The number of benzene rings is 2. The van der Waals surface area contributed by atoms with Crippen LogP contribution in [0.4, 0.5) is 0 Å². The summed E-state index contributed by atoms with van der Waals surface area (Å²) in [6.07, 6.45) is 3.69. The smallest absolute Gasteiger partial charge is 0.0320 e. The van der Waals surface area contributed by atoms with E-state index in [1.807, 2.05) is 0 Å². The number of rotatable bonds is 5. The molecule has 1 fully saturated rings. The molecule has 0 aromatic heterocycles. The summed E-state index contributed by atoms with van der Waals surface area (Å²) < 4.78 is 0. The molecule has 3 rings (SSSR count). The molecular weight excluding hydrogens is 254 g/mol. The summed E-state index contributed by atoms with van der Waals surface area (Å²) in [6.45, 7) is 4.45. The summed E-state index contributed by atoms with van der Waals surface area (Å²) in [6, 6.07) is 21.0. The van der Waals surface area contributed by atoms with E-state index in [1.165, 1.54) is 29.5 Å². The zero-order valence-electron chi connectivity index (χ0n) is 13.0. The predicted octanol–water partition coefficient (Wildman–Crippen LogP) is 4.98. The summed E-state index contributed by atoms with van der Waals surface area (Å²) in [5.74, 6) is 0.746. The Kier molecular flexibility index (Phi) is 4.40. The van der Waals surface area contributed by atoms with Crippen molar-refractivity contribution < 1.29 is 0 Å². The van der Waals surface area contributed by atoms with Crippen molar-refractivity contribution in [1.82, 2.24) is 5.32 Å². The van der Waals surface area contributed by atoms with Gasteiger partial charge >= 0.3 is 0 Å². The van der Waals surface area contributed by atoms with Crippen LogP contribution in [0.5, 0.6) is 0 Å². The molecule has 0 amide bonds. The first-order valence-corrected chi connectivity index (χ1v) is 8.14. The normalized spacial score (nSPS) is 22.6. The molecule has 1 unspecified atom stereocenters. The van der Waals surface area contributed by atoms with Crippen molar-refractivity contribution in [2.75, 3.05) is 0 Å². The Labute approximate surface area is 128 Å². The van der Waals surface area contributed by atoms with E-state index in [2.05, 4.69) is 73.8 Å². The fourth-order valence-corrected chi connectivity index (χ4v) is 3.37. The minimum Gasteiger partial charge on any atom is -0.307 e. The third-order valence-electron chi connectivity index (χ3n) is 4.70. The topological polar surface area (TPSA) is 12.0 Å². The zero-order valence-corrected chi connectivity index (χ0v) is 13.0. The summed E-state index contributed by atoms with van der Waals surface area (Å²) in [5, 5.41) is 3.83. The van der Waals surface area contributed by atoms with Crippen molar-refractivity contribution in [2.45, 2.75) is 51.1 Å². The van der Waals surface area contributed by atoms with Gasteiger partial charge in [0.15, 0.2) is 0 Å². The van der Waals surface area contributed by atoms with Crippen LogP contribution in [0, 0.1) is 6.92 Å². The second-order valence-corrected chi connectivity index (χ2v) is 6.32. The van der Waals surface area contributed by atoms with Crippen LogP contribution in [0.25, 0.3) is 0 Å². The molecule has 2 aromatic carbocycles. The van der Waals surface area contributed by atoms with Crippen molar-refractivity contribution in [2.24, 2.45) is 0 Å². The van der Waals surface area contributed by atoms with E-state index >= 15 is 0 Å². The number of hydrogen-bond acceptors (Lipinski definition) is 1. The van der Waals surface area contributed by atoms with Crippen LogP contribution in [-0.4, -0.2) is 6.04 Å². The second kappa shape index (κ2) is 6.44. The van der Waals surface area contributed by atoms with Gasteiger partial charge in [-0.25, -0.2) is 0 Å². The van der Waals surface area contributed by atoms with Crippen LogP contribution < -0.4 is 5.32 Å². The van der Waals surface area contributed by atoms with E-state index in [0.717, 1.165) is 12.3 Å². The van der Waals surface area contributed by atoms with Gasteiger partial charge in [0.1, 0.15) is 0 Å². The summed E-state index contributed by atoms with van der Waals surface area (Å²) >= 11 is 0. The molecule has 1 N–H and O–H groups in total. The number of nitrogens with one attached hydrogen (secondary N) is 1. The first kappa shape index (κ1) is 14.3. The van der Waals surface area contributed by atoms with Gasteiger partial charge in [0, 0.05) is 12.1 Å². The predicted molar refractivity (Wildman–Crippen MR) is 89.6 cm³/mol. The van der Waals surface area contributed by atoms with Crippen LogP contribution in [-0.2, 0) is 0 Å². The highest BCUT2D eigenvalue weighted by molar-refractivity contribution is 5.28. The third kappa shape index (κ3) is 3.36. The van der Waals surface area contributed by atoms with Gasteiger partial charge in [0.05, 0.1) is 0 Å². The number of hydrogen-bond donors (Lipinski definition) is 1. The minimum atomic E-state index is 0.495. The summed E-state index contributed by atoms with van der Waals surface area (Å²) in [4.78, 5) is 0. The van der Waals surface area contributed by atoms with Gasteiger partial charge in [-0.15, -0.1) is 0 Å². The highest BCUT2D eigenvalue weighted by atomic mass is 15.0. The molecule has 110 valence electrons. The van der Waals surface area contributed by atoms with Crippen LogP contribution >= 0.6 is 0 Å². The largest absolute Gasteiger partial charge is 0.307 e. The van der Waals surface area contributed by atoms with Crippen molar-refractivity contribution in [3.63, 3.8) is 0 Å². The first-order chi connectivity index (χ1) is 10.3. The second-order valence-electron chi connectivity index (χ2n) is 6.32. The molecule has 1 aliphatic rings. The highest BCUT2D eigenvalue weighted by Crippen LogP contribution is 2.38. The molecule has 0 saturated heterocycles. The molecule has 0 spiro atoms. The Morgan fingerprint density at radius 3 is 2.48 bits per heavy atom. The van der Waals surface area contributed by atoms with Gasteiger partial charge < -0.3 is 5.32 Å². The zero-order chi connectivity index (χ0) is 14.7. The maximum Gasteiger partial charge on any atom is 0.0320 e. The highest BCUT2D eigenvalue weighted by Gasteiger charge is 2.31. The molecule has 1 atom stereocenters. The molecule has 1 heteroatoms. The standard InChI is InChI=1S/C20H25N/c1-3-20(16-9-5-4-6-10-16)21-19-13-18(14-19)17-11-7-8-15(2)12-17/h4-12,18-21H,3,13-14H2,1-2H3. The van der Waals surface area contributed by atoms with Gasteiger partial charge in [-0.05, 0) is 43.2 Å². The van der Waals surface area contributed by atoms with Gasteiger partial charge in [-0.1, -0.05) is 67.1 Å². The van der Waals surface area contributed by atoms with Crippen LogP contribution in [0.1, 0.15) is 54.8 Å². The molecule has 0 aliphatic heterocycles. The van der Waals surface area contributed by atoms with E-state index in [1.54, 1.807) is 0 Å². The molecule has 0 bridgehead atoms. The van der Waals surface area contributed by atoms with Gasteiger partial charge in [-0.3, -0.25) is 0 Å². The summed E-state index contributed by atoms with van der Waals surface area (Å²) in [5.41, 5.74) is 4.31. The van der Waals surface area contributed by atoms with E-state index < -0.39 is 0 Å². The maximum atomic E-state index is 3.83. The van der Waals surface area contributed by atoms with Gasteiger partial charge in [0.25, 0.3) is 0 Å². The average Bonchev–Trinajstić information content (AvgIpc) is 2.47. The van der Waals surface area contributed by atoms with E-state index in [0.29, 0.717) is 12.1 Å². The van der Waals surface area contributed by atoms with E-state index in [4.69, 9.17) is 0 Å². The fourth-order valence-electron chi connectivity index (χ4n) is 3.37. The lowest BCUT2D eigenvalue weighted by molar-refractivity contribution is 0.262. The van der Waals surface area contributed by atoms with Crippen molar-refractivity contribution >= 4 is 0 Å². The van der Waals surface area contributed by atoms with Crippen LogP contribution in [0.2, 0.25) is 0 Å². The Morgan fingerprint density at radius 1 is 1.05 bits per heavy atom. The van der Waals surface area contributed by atoms with E-state index in [-0.39, 0.29) is 0 Å². The minimum absolute atomic E-state index is 0.495. The molecule has 2 aromatic rings. The van der Waals surface area contributed by atoms with E-state index in [9.17, 15) is 0 Å². The molecule has 1 nitrogen and oxygen atoms in total. The molecule has 0 radical (unpaired) electrons. The van der Waals surface area contributed by atoms with Gasteiger partial charge in [-0.2, -0.15) is 0 Å².